The van der Waals surface area contributed by atoms with E-state index in [9.17, 15) is 13.2 Å². The summed E-state index contributed by atoms with van der Waals surface area (Å²) >= 11 is 0. The number of ether oxygens (including phenoxy) is 1. The van der Waals surface area contributed by atoms with E-state index in [4.69, 9.17) is 0 Å². The average Bonchev–Trinajstić information content (AvgIpc) is 3.16. The zero-order valence-corrected chi connectivity index (χ0v) is 11.8. The highest BCUT2D eigenvalue weighted by atomic mass is 19.4. The van der Waals surface area contributed by atoms with Crippen LogP contribution < -0.4 is 4.74 Å². The van der Waals surface area contributed by atoms with Gasteiger partial charge in [0.05, 0.1) is 5.69 Å². The second-order valence-electron chi connectivity index (χ2n) is 4.84. The van der Waals surface area contributed by atoms with Gasteiger partial charge in [0, 0.05) is 5.56 Å². The molecule has 24 heavy (non-hydrogen) atoms. The molecular weight excluding hydrogens is 327 g/mol. The van der Waals surface area contributed by atoms with E-state index in [1.165, 1.54) is 46.5 Å². The molecule has 4 rings (SSSR count). The highest BCUT2D eigenvalue weighted by Crippen LogP contribution is 2.36. The number of hydrogen-bond acceptors (Lipinski definition) is 6. The van der Waals surface area contributed by atoms with Crippen LogP contribution in [0.3, 0.4) is 0 Å². The summed E-state index contributed by atoms with van der Waals surface area (Å²) in [6.07, 6.45) is -0.624. The number of aliphatic imine (C=N–C) groups is 1. The van der Waals surface area contributed by atoms with Crippen LogP contribution >= 0.6 is 0 Å². The second-order valence-corrected chi connectivity index (χ2v) is 4.84. The van der Waals surface area contributed by atoms with Crippen LogP contribution in [0.4, 0.5) is 18.9 Å². The van der Waals surface area contributed by atoms with Crippen LogP contribution in [0.2, 0.25) is 0 Å². The molecule has 1 aliphatic heterocycles. The van der Waals surface area contributed by atoms with E-state index >= 15 is 0 Å². The molecule has 0 N–H and O–H groups in total. The van der Waals surface area contributed by atoms with Crippen LogP contribution in [0.25, 0.3) is 11.4 Å². The van der Waals surface area contributed by atoms with Crippen molar-refractivity contribution in [3.63, 3.8) is 0 Å². The minimum atomic E-state index is -4.78. The molecule has 0 bridgehead atoms. The van der Waals surface area contributed by atoms with E-state index in [1.807, 2.05) is 0 Å². The lowest BCUT2D eigenvalue weighted by Gasteiger charge is -2.10. The first-order valence-electron chi connectivity index (χ1n) is 6.70. The van der Waals surface area contributed by atoms with Crippen LogP contribution in [-0.2, 0) is 6.54 Å². The summed E-state index contributed by atoms with van der Waals surface area (Å²) in [4.78, 5) is 12.4. The smallest absolute Gasteiger partial charge is 0.406 e. The molecule has 1 aromatic carbocycles. The summed E-state index contributed by atoms with van der Waals surface area (Å²) in [5.41, 5.74) is 0.811. The van der Waals surface area contributed by atoms with Gasteiger partial charge in [0.2, 0.25) is 0 Å². The molecule has 0 aliphatic carbocycles. The molecule has 0 saturated heterocycles. The van der Waals surface area contributed by atoms with E-state index in [0.717, 1.165) is 0 Å². The standard InChI is InChI=1S/C13H8F3N7O/c14-13(15,16)24-8-1-2-10-9(3-8)12-18-6-20-22(12)4-11(21-10)23-7-17-5-19-23/h1-3,5-7H,4H2. The first-order chi connectivity index (χ1) is 11.5. The zero-order chi connectivity index (χ0) is 16.7. The van der Waals surface area contributed by atoms with Gasteiger partial charge >= 0.3 is 6.36 Å². The molecule has 0 fully saturated rings. The molecule has 122 valence electrons. The number of rotatable bonds is 1. The predicted octanol–water partition coefficient (Wildman–Crippen LogP) is 2.03. The monoisotopic (exact) mass is 335 g/mol. The van der Waals surface area contributed by atoms with Crippen molar-refractivity contribution in [1.29, 1.82) is 0 Å². The van der Waals surface area contributed by atoms with Crippen LogP contribution in [-0.4, -0.2) is 41.7 Å². The molecule has 0 saturated carbocycles. The highest BCUT2D eigenvalue weighted by molar-refractivity contribution is 5.90. The van der Waals surface area contributed by atoms with Crippen molar-refractivity contribution in [3.8, 4) is 17.1 Å². The molecule has 0 unspecified atom stereocenters. The maximum atomic E-state index is 12.4. The Morgan fingerprint density at radius 2 is 2.00 bits per heavy atom. The number of aromatic nitrogens is 6. The Morgan fingerprint density at radius 1 is 1.12 bits per heavy atom. The minimum Gasteiger partial charge on any atom is -0.406 e. The molecule has 1 aliphatic rings. The lowest BCUT2D eigenvalue weighted by Crippen LogP contribution is -2.19. The number of halogens is 3. The van der Waals surface area contributed by atoms with Gasteiger partial charge < -0.3 is 4.74 Å². The van der Waals surface area contributed by atoms with Crippen LogP contribution in [0.15, 0.2) is 42.2 Å². The molecule has 0 radical (unpaired) electrons. The lowest BCUT2D eigenvalue weighted by molar-refractivity contribution is -0.274. The number of alkyl halides is 3. The summed E-state index contributed by atoms with van der Waals surface area (Å²) in [5, 5.41) is 8.10. The minimum absolute atomic E-state index is 0.239. The third kappa shape index (κ3) is 2.59. The normalized spacial score (nSPS) is 13.7. The van der Waals surface area contributed by atoms with Gasteiger partial charge in [-0.2, -0.15) is 10.2 Å². The van der Waals surface area contributed by atoms with Gasteiger partial charge in [0.25, 0.3) is 0 Å². The molecule has 3 aromatic rings. The Bertz CT molecular complexity index is 914. The molecule has 0 spiro atoms. The van der Waals surface area contributed by atoms with Gasteiger partial charge in [-0.05, 0) is 18.2 Å². The fourth-order valence-corrected chi connectivity index (χ4v) is 2.35. The van der Waals surface area contributed by atoms with Gasteiger partial charge in [-0.1, -0.05) is 0 Å². The van der Waals surface area contributed by atoms with Gasteiger partial charge in [-0.3, -0.25) is 0 Å². The quantitative estimate of drug-likeness (QED) is 0.679. The van der Waals surface area contributed by atoms with Crippen LogP contribution in [0.1, 0.15) is 0 Å². The van der Waals surface area contributed by atoms with Crippen LogP contribution in [0.5, 0.6) is 5.75 Å². The molecular formula is C13H8F3N7O. The summed E-state index contributed by atoms with van der Waals surface area (Å²) < 4.78 is 44.3. The van der Waals surface area contributed by atoms with E-state index in [1.54, 1.807) is 0 Å². The molecule has 0 amide bonds. The summed E-state index contributed by atoms with van der Waals surface area (Å²) in [6.45, 7) is 0.239. The zero-order valence-electron chi connectivity index (χ0n) is 11.8. The second kappa shape index (κ2) is 5.15. The Morgan fingerprint density at radius 3 is 2.75 bits per heavy atom. The van der Waals surface area contributed by atoms with Gasteiger partial charge in [0.15, 0.2) is 11.7 Å². The molecule has 8 nitrogen and oxygen atoms in total. The first-order valence-corrected chi connectivity index (χ1v) is 6.70. The van der Waals surface area contributed by atoms with Crippen molar-refractivity contribution in [1.82, 2.24) is 29.5 Å². The number of nitrogens with zero attached hydrogens (tertiary/aromatic N) is 7. The lowest BCUT2D eigenvalue weighted by atomic mass is 10.1. The number of fused-ring (bicyclic) bond motifs is 3. The maximum Gasteiger partial charge on any atom is 0.573 e. The number of hydrogen-bond donors (Lipinski definition) is 0. The average molecular weight is 335 g/mol. The van der Waals surface area contributed by atoms with Crippen molar-refractivity contribution in [2.24, 2.45) is 4.99 Å². The van der Waals surface area contributed by atoms with Crippen LogP contribution in [0, 0.1) is 0 Å². The van der Waals surface area contributed by atoms with Crippen molar-refractivity contribution in [2.45, 2.75) is 12.9 Å². The third-order valence-corrected chi connectivity index (χ3v) is 3.28. The van der Waals surface area contributed by atoms with E-state index in [-0.39, 0.29) is 12.3 Å². The fraction of sp³-hybridized carbons (Fsp3) is 0.154. The molecule has 0 atom stereocenters. The number of benzene rings is 1. The van der Waals surface area contributed by atoms with E-state index < -0.39 is 6.36 Å². The highest BCUT2D eigenvalue weighted by Gasteiger charge is 2.31. The SMILES string of the molecule is FC(F)(F)Oc1ccc2c(c1)-c1ncnn1CC(n1cncn1)=N2. The third-order valence-electron chi connectivity index (χ3n) is 3.28. The largest absolute Gasteiger partial charge is 0.573 e. The van der Waals surface area contributed by atoms with Gasteiger partial charge in [0.1, 0.15) is 31.3 Å². The maximum absolute atomic E-state index is 12.4. The van der Waals surface area contributed by atoms with E-state index in [0.29, 0.717) is 22.9 Å². The molecule has 11 heteroatoms. The Balaban J connectivity index is 1.85. The summed E-state index contributed by atoms with van der Waals surface area (Å²) in [5.74, 6) is 0.536. The van der Waals surface area contributed by atoms with Gasteiger partial charge in [-0.25, -0.2) is 24.3 Å². The summed E-state index contributed by atoms with van der Waals surface area (Å²) in [6, 6.07) is 3.86. The fourth-order valence-electron chi connectivity index (χ4n) is 2.35. The predicted molar refractivity (Wildman–Crippen MR) is 74.7 cm³/mol. The summed E-state index contributed by atoms with van der Waals surface area (Å²) in [7, 11) is 0. The Kier molecular flexibility index (Phi) is 3.08. The van der Waals surface area contributed by atoms with Crippen molar-refractivity contribution >= 4 is 11.5 Å². The molecule has 3 heterocycles. The molecule has 2 aromatic heterocycles. The Labute approximate surface area is 132 Å². The van der Waals surface area contributed by atoms with Crippen molar-refractivity contribution in [2.75, 3.05) is 0 Å². The Hall–Kier alpha value is -3.24. The van der Waals surface area contributed by atoms with Gasteiger partial charge in [-0.15, -0.1) is 13.2 Å². The first kappa shape index (κ1) is 14.4. The van der Waals surface area contributed by atoms with E-state index in [2.05, 4.69) is 29.9 Å². The van der Waals surface area contributed by atoms with Crippen molar-refractivity contribution < 1.29 is 17.9 Å². The topological polar surface area (TPSA) is 83.0 Å². The van der Waals surface area contributed by atoms with Crippen molar-refractivity contribution in [3.05, 3.63) is 37.2 Å².